The predicted molar refractivity (Wildman–Crippen MR) is 80.8 cm³/mol. The van der Waals surface area contributed by atoms with Gasteiger partial charge in [0.2, 0.25) is 0 Å². The van der Waals surface area contributed by atoms with E-state index in [1.807, 2.05) is 13.1 Å². The molecule has 1 fully saturated rings. The lowest BCUT2D eigenvalue weighted by Crippen LogP contribution is -2.17. The summed E-state index contributed by atoms with van der Waals surface area (Å²) >= 11 is 6.14. The van der Waals surface area contributed by atoms with E-state index in [0.717, 1.165) is 18.1 Å². The number of halogens is 1. The summed E-state index contributed by atoms with van der Waals surface area (Å²) in [5, 5.41) is 4.23. The average molecular weight is 282 g/mol. The minimum atomic E-state index is 0.388. The molecule has 0 bridgehead atoms. The van der Waals surface area contributed by atoms with Crippen LogP contribution in [0, 0.1) is 6.92 Å². The van der Waals surface area contributed by atoms with E-state index in [1.54, 1.807) is 0 Å². The van der Waals surface area contributed by atoms with Gasteiger partial charge in [0, 0.05) is 17.7 Å². The first-order valence-corrected chi connectivity index (χ1v) is 7.63. The Morgan fingerprint density at radius 3 is 2.89 bits per heavy atom. The number of benzene rings is 1. The number of aryl methyl sites for hydroxylation is 1. The number of ether oxygens (including phenoxy) is 1. The Bertz CT molecular complexity index is 381. The van der Waals surface area contributed by atoms with E-state index < -0.39 is 0 Å². The predicted octanol–water partition coefficient (Wildman–Crippen LogP) is 4.26. The highest BCUT2D eigenvalue weighted by Gasteiger charge is 2.16. The van der Waals surface area contributed by atoms with Crippen LogP contribution < -0.4 is 5.32 Å². The van der Waals surface area contributed by atoms with Crippen molar-refractivity contribution in [3.8, 4) is 0 Å². The Balaban J connectivity index is 1.87. The quantitative estimate of drug-likeness (QED) is 0.841. The van der Waals surface area contributed by atoms with Crippen molar-refractivity contribution < 1.29 is 4.74 Å². The maximum Gasteiger partial charge on any atom is 0.0576 e. The van der Waals surface area contributed by atoms with Gasteiger partial charge in [-0.05, 0) is 69.3 Å². The molecule has 2 nitrogen and oxygen atoms in total. The second-order valence-corrected chi connectivity index (χ2v) is 5.91. The van der Waals surface area contributed by atoms with Crippen LogP contribution in [0.4, 0.5) is 0 Å². The van der Waals surface area contributed by atoms with Gasteiger partial charge in [0.15, 0.2) is 0 Å². The molecule has 106 valence electrons. The Hall–Kier alpha value is -0.570. The molecule has 0 radical (unpaired) electrons. The van der Waals surface area contributed by atoms with Gasteiger partial charge in [-0.15, -0.1) is 0 Å². The van der Waals surface area contributed by atoms with Gasteiger partial charge in [-0.3, -0.25) is 0 Å². The van der Waals surface area contributed by atoms with Crippen LogP contribution in [0.1, 0.15) is 49.3 Å². The second kappa shape index (κ2) is 7.28. The van der Waals surface area contributed by atoms with Gasteiger partial charge in [0.25, 0.3) is 0 Å². The summed E-state index contributed by atoms with van der Waals surface area (Å²) in [5.74, 6) is 0. The van der Waals surface area contributed by atoms with Crippen molar-refractivity contribution in [2.75, 3.05) is 13.7 Å². The molecule has 0 aliphatic carbocycles. The van der Waals surface area contributed by atoms with E-state index in [4.69, 9.17) is 16.3 Å². The Morgan fingerprint density at radius 2 is 2.26 bits per heavy atom. The lowest BCUT2D eigenvalue weighted by Gasteiger charge is -2.18. The molecule has 1 heterocycles. The van der Waals surface area contributed by atoms with E-state index in [9.17, 15) is 0 Å². The molecule has 1 saturated heterocycles. The zero-order valence-electron chi connectivity index (χ0n) is 11.9. The molecule has 0 amide bonds. The van der Waals surface area contributed by atoms with Gasteiger partial charge in [-0.2, -0.15) is 0 Å². The first kappa shape index (κ1) is 14.8. The molecule has 2 unspecified atom stereocenters. The highest BCUT2D eigenvalue weighted by molar-refractivity contribution is 6.30. The van der Waals surface area contributed by atoms with Crippen molar-refractivity contribution in [2.24, 2.45) is 0 Å². The lowest BCUT2D eigenvalue weighted by atomic mass is 9.98. The molecule has 3 heteroatoms. The van der Waals surface area contributed by atoms with Crippen LogP contribution in [0.15, 0.2) is 18.2 Å². The molecular formula is C16H24ClNO. The summed E-state index contributed by atoms with van der Waals surface area (Å²) < 4.78 is 5.67. The summed E-state index contributed by atoms with van der Waals surface area (Å²) in [6.07, 6.45) is 6.47. The molecule has 1 aromatic carbocycles. The highest BCUT2D eigenvalue weighted by Crippen LogP contribution is 2.25. The number of nitrogens with one attached hydrogen (secondary N) is 1. The highest BCUT2D eigenvalue weighted by atomic mass is 35.5. The van der Waals surface area contributed by atoms with Gasteiger partial charge in [-0.1, -0.05) is 17.7 Å². The standard InChI is InChI=1S/C16H24ClNO/c1-12-9-13(11-14(17)10-12)16(18-2)7-3-5-15-6-4-8-19-15/h9-11,15-16,18H,3-8H2,1-2H3. The minimum Gasteiger partial charge on any atom is -0.378 e. The van der Waals surface area contributed by atoms with Crippen molar-refractivity contribution in [1.82, 2.24) is 5.32 Å². The number of hydrogen-bond acceptors (Lipinski definition) is 2. The topological polar surface area (TPSA) is 21.3 Å². The summed E-state index contributed by atoms with van der Waals surface area (Å²) in [6.45, 7) is 3.04. The molecule has 2 atom stereocenters. The van der Waals surface area contributed by atoms with Gasteiger partial charge >= 0.3 is 0 Å². The first-order valence-electron chi connectivity index (χ1n) is 7.25. The maximum absolute atomic E-state index is 6.14. The van der Waals surface area contributed by atoms with E-state index in [0.29, 0.717) is 12.1 Å². The zero-order valence-corrected chi connectivity index (χ0v) is 12.7. The molecule has 1 N–H and O–H groups in total. The summed E-state index contributed by atoms with van der Waals surface area (Å²) in [5.41, 5.74) is 2.52. The fourth-order valence-corrected chi connectivity index (χ4v) is 3.16. The van der Waals surface area contributed by atoms with Crippen LogP contribution in [-0.2, 0) is 4.74 Å². The summed E-state index contributed by atoms with van der Waals surface area (Å²) in [6, 6.07) is 6.68. The maximum atomic E-state index is 6.14. The lowest BCUT2D eigenvalue weighted by molar-refractivity contribution is 0.101. The Morgan fingerprint density at radius 1 is 1.42 bits per heavy atom. The first-order chi connectivity index (χ1) is 9.19. The Labute approximate surface area is 121 Å². The van der Waals surface area contributed by atoms with Crippen LogP contribution in [0.5, 0.6) is 0 Å². The largest absolute Gasteiger partial charge is 0.378 e. The van der Waals surface area contributed by atoms with Gasteiger partial charge < -0.3 is 10.1 Å². The van der Waals surface area contributed by atoms with Crippen LogP contribution in [-0.4, -0.2) is 19.8 Å². The Kier molecular flexibility index (Phi) is 5.68. The van der Waals surface area contributed by atoms with Crippen LogP contribution in [0.3, 0.4) is 0 Å². The van der Waals surface area contributed by atoms with Gasteiger partial charge in [0.1, 0.15) is 0 Å². The molecule has 2 rings (SSSR count). The molecule has 19 heavy (non-hydrogen) atoms. The van der Waals surface area contributed by atoms with Crippen LogP contribution in [0.2, 0.25) is 5.02 Å². The van der Waals surface area contributed by atoms with Crippen molar-refractivity contribution in [3.63, 3.8) is 0 Å². The number of hydrogen-bond donors (Lipinski definition) is 1. The smallest absolute Gasteiger partial charge is 0.0576 e. The van der Waals surface area contributed by atoms with Gasteiger partial charge in [0.05, 0.1) is 6.10 Å². The van der Waals surface area contributed by atoms with Crippen molar-refractivity contribution in [2.45, 2.75) is 51.2 Å². The van der Waals surface area contributed by atoms with E-state index >= 15 is 0 Å². The summed E-state index contributed by atoms with van der Waals surface area (Å²) in [4.78, 5) is 0. The minimum absolute atomic E-state index is 0.388. The molecule has 1 aliphatic rings. The molecule has 1 aliphatic heterocycles. The molecular weight excluding hydrogens is 258 g/mol. The normalized spacial score (nSPS) is 20.7. The third-order valence-corrected chi connectivity index (χ3v) is 4.08. The fourth-order valence-electron chi connectivity index (χ4n) is 2.87. The molecule has 0 spiro atoms. The SMILES string of the molecule is CNC(CCCC1CCCO1)c1cc(C)cc(Cl)c1. The van der Waals surface area contributed by atoms with Crippen molar-refractivity contribution in [1.29, 1.82) is 0 Å². The zero-order chi connectivity index (χ0) is 13.7. The second-order valence-electron chi connectivity index (χ2n) is 5.47. The summed E-state index contributed by atoms with van der Waals surface area (Å²) in [7, 11) is 2.02. The number of rotatable bonds is 6. The molecule has 0 saturated carbocycles. The molecule has 1 aromatic rings. The van der Waals surface area contributed by atoms with E-state index in [1.165, 1.54) is 36.8 Å². The van der Waals surface area contributed by atoms with E-state index in [-0.39, 0.29) is 0 Å². The third kappa shape index (κ3) is 4.48. The van der Waals surface area contributed by atoms with E-state index in [2.05, 4.69) is 24.4 Å². The van der Waals surface area contributed by atoms with Crippen LogP contribution in [0.25, 0.3) is 0 Å². The average Bonchev–Trinajstić information content (AvgIpc) is 2.86. The van der Waals surface area contributed by atoms with Crippen molar-refractivity contribution >= 4 is 11.6 Å². The van der Waals surface area contributed by atoms with Crippen molar-refractivity contribution in [3.05, 3.63) is 34.3 Å². The van der Waals surface area contributed by atoms with Gasteiger partial charge in [-0.25, -0.2) is 0 Å². The monoisotopic (exact) mass is 281 g/mol. The molecule has 0 aromatic heterocycles. The third-order valence-electron chi connectivity index (χ3n) is 3.86. The fraction of sp³-hybridized carbons (Fsp3) is 0.625. The van der Waals surface area contributed by atoms with Crippen LogP contribution >= 0.6 is 11.6 Å².